The molecule has 3 rings (SSSR count). The number of ether oxygens (including phenoxy) is 1. The van der Waals surface area contributed by atoms with Crippen LogP contribution >= 0.6 is 0 Å². The number of nitrogens with one attached hydrogen (secondary N) is 1. The maximum absolute atomic E-state index is 12.3. The van der Waals surface area contributed by atoms with Crippen LogP contribution in [0.15, 0.2) is 48.8 Å². The van der Waals surface area contributed by atoms with E-state index in [1.54, 1.807) is 31.6 Å². The molecule has 1 fully saturated rings. The molecule has 0 saturated carbocycles. The van der Waals surface area contributed by atoms with Gasteiger partial charge in [-0.05, 0) is 55.8 Å². The van der Waals surface area contributed by atoms with E-state index in [4.69, 9.17) is 4.74 Å². The zero-order valence-corrected chi connectivity index (χ0v) is 13.9. The maximum Gasteiger partial charge on any atom is 0.252 e. The van der Waals surface area contributed by atoms with Crippen LogP contribution in [0, 0.1) is 0 Å². The Balaban J connectivity index is 1.71. The van der Waals surface area contributed by atoms with Crippen LogP contribution in [0.25, 0.3) is 0 Å². The Morgan fingerprint density at radius 2 is 2.00 bits per heavy atom. The standard InChI is InChI=1S/C19H23N3O2/c1-24-17-8-6-15(7-9-17)18(22-11-2-3-12-22)14-21-19(23)16-5-4-10-20-13-16/h4-10,13,18H,2-3,11-12,14H2,1H3,(H,21,23). The number of nitrogens with zero attached hydrogens (tertiary/aromatic N) is 2. The SMILES string of the molecule is COc1ccc(C(CNC(=O)c2cccnc2)N2CCCC2)cc1. The minimum Gasteiger partial charge on any atom is -0.497 e. The minimum absolute atomic E-state index is 0.0826. The molecule has 2 aromatic rings. The number of likely N-dealkylation sites (tertiary alicyclic amines) is 1. The highest BCUT2D eigenvalue weighted by molar-refractivity contribution is 5.93. The zero-order valence-electron chi connectivity index (χ0n) is 13.9. The molecule has 0 aliphatic carbocycles. The molecule has 5 heteroatoms. The van der Waals surface area contributed by atoms with Gasteiger partial charge in [0, 0.05) is 18.9 Å². The van der Waals surface area contributed by atoms with Gasteiger partial charge < -0.3 is 10.1 Å². The quantitative estimate of drug-likeness (QED) is 0.887. The van der Waals surface area contributed by atoms with E-state index in [0.717, 1.165) is 18.8 Å². The molecular weight excluding hydrogens is 302 g/mol. The number of amides is 1. The van der Waals surface area contributed by atoms with Crippen LogP contribution < -0.4 is 10.1 Å². The first-order chi connectivity index (χ1) is 11.8. The summed E-state index contributed by atoms with van der Waals surface area (Å²) in [6, 6.07) is 11.8. The average molecular weight is 325 g/mol. The number of methoxy groups -OCH3 is 1. The number of carbonyl (C=O) groups is 1. The molecule has 1 atom stereocenters. The van der Waals surface area contributed by atoms with Gasteiger partial charge in [-0.2, -0.15) is 0 Å². The van der Waals surface area contributed by atoms with E-state index in [9.17, 15) is 4.79 Å². The van der Waals surface area contributed by atoms with E-state index in [0.29, 0.717) is 12.1 Å². The monoisotopic (exact) mass is 325 g/mol. The van der Waals surface area contributed by atoms with Crippen molar-refractivity contribution in [1.82, 2.24) is 15.2 Å². The molecule has 24 heavy (non-hydrogen) atoms. The molecule has 1 amide bonds. The molecule has 126 valence electrons. The normalized spacial score (nSPS) is 15.9. The van der Waals surface area contributed by atoms with E-state index in [-0.39, 0.29) is 11.9 Å². The largest absolute Gasteiger partial charge is 0.497 e. The molecule has 1 unspecified atom stereocenters. The summed E-state index contributed by atoms with van der Waals surface area (Å²) < 4.78 is 5.24. The number of hydrogen-bond donors (Lipinski definition) is 1. The zero-order chi connectivity index (χ0) is 16.8. The second kappa shape index (κ2) is 7.93. The Morgan fingerprint density at radius 3 is 2.62 bits per heavy atom. The number of carbonyl (C=O) groups excluding carboxylic acids is 1. The minimum atomic E-state index is -0.0826. The molecule has 0 bridgehead atoms. The highest BCUT2D eigenvalue weighted by atomic mass is 16.5. The van der Waals surface area contributed by atoms with Crippen LogP contribution in [0.5, 0.6) is 5.75 Å². The molecule has 1 aromatic heterocycles. The van der Waals surface area contributed by atoms with Crippen LogP contribution in [0.1, 0.15) is 34.8 Å². The Morgan fingerprint density at radius 1 is 1.25 bits per heavy atom. The summed E-state index contributed by atoms with van der Waals surface area (Å²) >= 11 is 0. The molecule has 2 heterocycles. The van der Waals surface area contributed by atoms with Gasteiger partial charge in [0.1, 0.15) is 5.75 Å². The predicted octanol–water partition coefficient (Wildman–Crippen LogP) is 2.66. The van der Waals surface area contributed by atoms with E-state index >= 15 is 0 Å². The van der Waals surface area contributed by atoms with Crippen molar-refractivity contribution < 1.29 is 9.53 Å². The van der Waals surface area contributed by atoms with Gasteiger partial charge in [-0.25, -0.2) is 0 Å². The van der Waals surface area contributed by atoms with Gasteiger partial charge in [0.2, 0.25) is 0 Å². The summed E-state index contributed by atoms with van der Waals surface area (Å²) in [5.74, 6) is 0.763. The Kier molecular flexibility index (Phi) is 5.43. The van der Waals surface area contributed by atoms with Gasteiger partial charge in [0.25, 0.3) is 5.91 Å². The third-order valence-electron chi connectivity index (χ3n) is 4.46. The molecule has 1 N–H and O–H groups in total. The fourth-order valence-corrected chi connectivity index (χ4v) is 3.13. The van der Waals surface area contributed by atoms with Gasteiger partial charge in [-0.1, -0.05) is 12.1 Å². The fourth-order valence-electron chi connectivity index (χ4n) is 3.13. The second-order valence-electron chi connectivity index (χ2n) is 5.98. The summed E-state index contributed by atoms with van der Waals surface area (Å²) in [5, 5.41) is 3.05. The third kappa shape index (κ3) is 3.92. The van der Waals surface area contributed by atoms with Gasteiger partial charge >= 0.3 is 0 Å². The lowest BCUT2D eigenvalue weighted by molar-refractivity contribution is 0.0937. The highest BCUT2D eigenvalue weighted by Gasteiger charge is 2.24. The van der Waals surface area contributed by atoms with Crippen LogP contribution in [0.2, 0.25) is 0 Å². The van der Waals surface area contributed by atoms with Gasteiger partial charge in [0.05, 0.1) is 18.7 Å². The number of pyridine rings is 1. The lowest BCUT2D eigenvalue weighted by Gasteiger charge is -2.28. The summed E-state index contributed by atoms with van der Waals surface area (Å²) in [4.78, 5) is 18.7. The van der Waals surface area contributed by atoms with Gasteiger partial charge in [-0.3, -0.25) is 14.7 Å². The van der Waals surface area contributed by atoms with Crippen molar-refractivity contribution in [3.8, 4) is 5.75 Å². The molecular formula is C19H23N3O2. The first kappa shape index (κ1) is 16.5. The lowest BCUT2D eigenvalue weighted by Crippen LogP contribution is -2.36. The predicted molar refractivity (Wildman–Crippen MR) is 93.1 cm³/mol. The van der Waals surface area contributed by atoms with Crippen molar-refractivity contribution in [1.29, 1.82) is 0 Å². The molecule has 1 aromatic carbocycles. The first-order valence-electron chi connectivity index (χ1n) is 8.34. The number of hydrogen-bond acceptors (Lipinski definition) is 4. The first-order valence-corrected chi connectivity index (χ1v) is 8.34. The average Bonchev–Trinajstić information content (AvgIpc) is 3.17. The third-order valence-corrected chi connectivity index (χ3v) is 4.46. The summed E-state index contributed by atoms with van der Waals surface area (Å²) in [6.07, 6.45) is 5.68. The van der Waals surface area contributed by atoms with Crippen molar-refractivity contribution in [2.45, 2.75) is 18.9 Å². The molecule has 5 nitrogen and oxygen atoms in total. The highest BCUT2D eigenvalue weighted by Crippen LogP contribution is 2.26. The van der Waals surface area contributed by atoms with Crippen molar-refractivity contribution in [3.63, 3.8) is 0 Å². The lowest BCUT2D eigenvalue weighted by atomic mass is 10.0. The number of rotatable bonds is 6. The van der Waals surface area contributed by atoms with E-state index in [1.165, 1.54) is 18.4 Å². The van der Waals surface area contributed by atoms with Crippen molar-refractivity contribution in [2.75, 3.05) is 26.7 Å². The molecule has 1 saturated heterocycles. The summed E-state index contributed by atoms with van der Waals surface area (Å²) in [5.41, 5.74) is 1.79. The Hall–Kier alpha value is -2.40. The molecule has 0 spiro atoms. The van der Waals surface area contributed by atoms with Gasteiger partial charge in [-0.15, -0.1) is 0 Å². The van der Waals surface area contributed by atoms with Crippen LogP contribution in [-0.4, -0.2) is 42.5 Å². The number of benzene rings is 1. The fraction of sp³-hybridized carbons (Fsp3) is 0.368. The van der Waals surface area contributed by atoms with Crippen molar-refractivity contribution in [3.05, 3.63) is 59.9 Å². The van der Waals surface area contributed by atoms with Crippen LogP contribution in [0.3, 0.4) is 0 Å². The van der Waals surface area contributed by atoms with Crippen LogP contribution in [0.4, 0.5) is 0 Å². The smallest absolute Gasteiger partial charge is 0.252 e. The topological polar surface area (TPSA) is 54.5 Å². The number of aromatic nitrogens is 1. The molecule has 1 aliphatic rings. The van der Waals surface area contributed by atoms with E-state index in [2.05, 4.69) is 27.3 Å². The van der Waals surface area contributed by atoms with E-state index in [1.807, 2.05) is 12.1 Å². The van der Waals surface area contributed by atoms with Crippen molar-refractivity contribution >= 4 is 5.91 Å². The molecule has 0 radical (unpaired) electrons. The van der Waals surface area contributed by atoms with Crippen LogP contribution in [-0.2, 0) is 0 Å². The second-order valence-corrected chi connectivity index (χ2v) is 5.98. The maximum atomic E-state index is 12.3. The summed E-state index contributed by atoms with van der Waals surface area (Å²) in [7, 11) is 1.67. The summed E-state index contributed by atoms with van der Waals surface area (Å²) in [6.45, 7) is 2.72. The van der Waals surface area contributed by atoms with Gasteiger partial charge in [0.15, 0.2) is 0 Å². The Bertz CT molecular complexity index is 652. The Labute approximate surface area is 142 Å². The van der Waals surface area contributed by atoms with E-state index < -0.39 is 0 Å². The van der Waals surface area contributed by atoms with Crippen molar-refractivity contribution in [2.24, 2.45) is 0 Å². The molecule has 1 aliphatic heterocycles.